The fraction of sp³-hybridized carbons (Fsp3) is 1.00. The van der Waals surface area contributed by atoms with E-state index in [-0.39, 0.29) is 88.7 Å². The van der Waals surface area contributed by atoms with Crippen molar-refractivity contribution in [3.8, 4) is 0 Å². The fourth-order valence-electron chi connectivity index (χ4n) is 1.74. The van der Waals surface area contributed by atoms with Gasteiger partial charge in [0.25, 0.3) is 0 Å². The maximum Gasteiger partial charge on any atom is 1.00 e. The molecule has 1 saturated heterocycles. The van der Waals surface area contributed by atoms with Gasteiger partial charge in [-0.2, -0.15) is 0 Å². The normalized spacial score (nSPS) is 26.8. The zero-order valence-corrected chi connectivity index (χ0v) is 22.2. The van der Waals surface area contributed by atoms with Gasteiger partial charge >= 0.3 is 88.7 Å². The molecular formula is C6H10NNa3O13S3. The van der Waals surface area contributed by atoms with Gasteiger partial charge in [0.2, 0.25) is 20.8 Å². The summed E-state index contributed by atoms with van der Waals surface area (Å²) in [6.07, 6.45) is -6.25. The van der Waals surface area contributed by atoms with Gasteiger partial charge in [-0.3, -0.25) is 8.37 Å². The van der Waals surface area contributed by atoms with Crippen LogP contribution in [0.15, 0.2) is 0 Å². The van der Waals surface area contributed by atoms with Crippen molar-refractivity contribution in [2.75, 3.05) is 6.61 Å². The van der Waals surface area contributed by atoms with Gasteiger partial charge in [-0.15, -0.1) is 0 Å². The Morgan fingerprint density at radius 3 is 1.88 bits per heavy atom. The van der Waals surface area contributed by atoms with Crippen molar-refractivity contribution in [2.24, 2.45) is 0 Å². The van der Waals surface area contributed by atoms with E-state index in [1.165, 1.54) is 4.72 Å². The van der Waals surface area contributed by atoms with Crippen molar-refractivity contribution < 1.29 is 146 Å². The number of ether oxygens (including phenoxy) is 1. The van der Waals surface area contributed by atoms with E-state index < -0.39 is 68.7 Å². The maximum absolute atomic E-state index is 10.6. The molecule has 26 heavy (non-hydrogen) atoms. The number of hydrogen-bond donors (Lipinski definition) is 2. The molecule has 0 aliphatic carbocycles. The summed E-state index contributed by atoms with van der Waals surface area (Å²) in [7, 11) is -15.7. The Hall–Kier alpha value is 2.53. The van der Waals surface area contributed by atoms with Crippen molar-refractivity contribution >= 4 is 31.1 Å². The second-order valence-electron chi connectivity index (χ2n) is 4.22. The molecule has 0 spiro atoms. The van der Waals surface area contributed by atoms with Crippen molar-refractivity contribution in [1.29, 1.82) is 0 Å². The second-order valence-corrected chi connectivity index (χ2v) is 7.42. The minimum atomic E-state index is -5.38. The van der Waals surface area contributed by atoms with E-state index in [0.717, 1.165) is 0 Å². The third-order valence-corrected chi connectivity index (χ3v) is 3.92. The molecule has 1 fully saturated rings. The number of aliphatic hydroxyl groups is 1. The van der Waals surface area contributed by atoms with Crippen molar-refractivity contribution in [3.05, 3.63) is 0 Å². The minimum absolute atomic E-state index is 0. The molecule has 3 unspecified atom stereocenters. The van der Waals surface area contributed by atoms with E-state index in [1.807, 2.05) is 0 Å². The van der Waals surface area contributed by atoms with Gasteiger partial charge in [0.1, 0.15) is 0 Å². The average Bonchev–Trinajstić information content (AvgIpc) is 2.27. The molecule has 4 atom stereocenters. The van der Waals surface area contributed by atoms with Gasteiger partial charge < -0.3 is 23.5 Å². The molecule has 1 aliphatic rings. The first kappa shape index (κ1) is 33.2. The summed E-state index contributed by atoms with van der Waals surface area (Å²) >= 11 is 0. The molecule has 1 heterocycles. The molecule has 0 aromatic carbocycles. The van der Waals surface area contributed by atoms with Crippen LogP contribution in [0.4, 0.5) is 0 Å². The SMILES string of the molecule is O=S(=O)([O-])NC1C(O)OC(COS(=O)(=O)[O-])C[C@@H]1OS(=O)(=O)[O-].[Na+].[Na+].[Na+]. The second kappa shape index (κ2) is 13.1. The predicted octanol–water partition coefficient (Wildman–Crippen LogP) is -13.2. The van der Waals surface area contributed by atoms with Crippen LogP contribution >= 0.6 is 0 Å². The van der Waals surface area contributed by atoms with E-state index in [2.05, 4.69) is 13.1 Å². The van der Waals surface area contributed by atoms with Gasteiger partial charge in [0.05, 0.1) is 24.9 Å². The van der Waals surface area contributed by atoms with Crippen molar-refractivity contribution in [3.63, 3.8) is 0 Å². The summed E-state index contributed by atoms with van der Waals surface area (Å²) in [5, 5.41) is 9.55. The Labute approximate surface area is 216 Å². The number of rotatable bonds is 7. The summed E-state index contributed by atoms with van der Waals surface area (Å²) in [4.78, 5) is 0. The van der Waals surface area contributed by atoms with Gasteiger partial charge in [-0.25, -0.2) is 30.0 Å². The molecular weight excluding hydrogens is 459 g/mol. The zero-order chi connectivity index (χ0) is 18.1. The first-order chi connectivity index (χ1) is 10.2. The molecule has 1 aliphatic heterocycles. The molecule has 0 aromatic rings. The maximum atomic E-state index is 10.6. The third kappa shape index (κ3) is 14.5. The van der Waals surface area contributed by atoms with Crippen LogP contribution < -0.4 is 93.4 Å². The molecule has 138 valence electrons. The van der Waals surface area contributed by atoms with Gasteiger partial charge in [0.15, 0.2) is 16.6 Å². The van der Waals surface area contributed by atoms with Gasteiger partial charge in [-0.05, 0) is 0 Å². The standard InChI is InChI=1S/C6H13NO13S3.3Na/c8-6-5(7-21(9,10)11)4(20-23(15,16)17)1-3(19-6)2-18-22(12,13)14;;;/h3-8H,1-2H2,(H,9,10,11)(H,12,13,14)(H,15,16,17);;;/q;3*+1/p-3/t3?,4-,5?,6?;;;/m0.../s1. The van der Waals surface area contributed by atoms with Crippen molar-refractivity contribution in [1.82, 2.24) is 4.72 Å². The van der Waals surface area contributed by atoms with Crippen LogP contribution in [-0.4, -0.2) is 75.2 Å². The van der Waals surface area contributed by atoms with Crippen LogP contribution in [0.1, 0.15) is 6.42 Å². The first-order valence-corrected chi connectivity index (χ1v) is 9.55. The van der Waals surface area contributed by atoms with Crippen LogP contribution in [0.3, 0.4) is 0 Å². The quantitative estimate of drug-likeness (QED) is 0.200. The summed E-state index contributed by atoms with van der Waals surface area (Å²) in [6, 6.07) is -1.97. The number of hydrogen-bond acceptors (Lipinski definition) is 13. The van der Waals surface area contributed by atoms with E-state index >= 15 is 0 Å². The Bertz CT molecular complexity index is 724. The molecule has 0 radical (unpaired) electrons. The Morgan fingerprint density at radius 2 is 1.50 bits per heavy atom. The fourth-order valence-corrected chi connectivity index (χ4v) is 3.17. The van der Waals surface area contributed by atoms with Crippen LogP contribution in [0.5, 0.6) is 0 Å². The molecule has 0 bridgehead atoms. The monoisotopic (exact) mass is 469 g/mol. The third-order valence-electron chi connectivity index (χ3n) is 2.45. The average molecular weight is 469 g/mol. The summed E-state index contributed by atoms with van der Waals surface area (Å²) in [6.45, 7) is -0.974. The Kier molecular flexibility index (Phi) is 16.7. The van der Waals surface area contributed by atoms with E-state index in [4.69, 9.17) is 0 Å². The predicted molar refractivity (Wildman–Crippen MR) is 62.3 cm³/mol. The molecule has 1 rings (SSSR count). The summed E-state index contributed by atoms with van der Waals surface area (Å²) in [5.74, 6) is 0. The molecule has 0 saturated carbocycles. The Balaban J connectivity index is -0.00000176. The molecule has 2 N–H and O–H groups in total. The topological polar surface area (TPSA) is 232 Å². The van der Waals surface area contributed by atoms with Crippen LogP contribution in [-0.2, 0) is 44.2 Å². The zero-order valence-electron chi connectivity index (χ0n) is 13.8. The van der Waals surface area contributed by atoms with Crippen LogP contribution in [0.25, 0.3) is 0 Å². The molecule has 14 nitrogen and oxygen atoms in total. The van der Waals surface area contributed by atoms with E-state index in [0.29, 0.717) is 0 Å². The molecule has 0 amide bonds. The smallest absolute Gasteiger partial charge is 0.735 e. The molecule has 0 aromatic heterocycles. The minimum Gasteiger partial charge on any atom is -0.735 e. The summed E-state index contributed by atoms with van der Waals surface area (Å²) < 4.78 is 108. The van der Waals surface area contributed by atoms with Crippen LogP contribution in [0, 0.1) is 0 Å². The van der Waals surface area contributed by atoms with Gasteiger partial charge in [0, 0.05) is 6.42 Å². The van der Waals surface area contributed by atoms with Crippen molar-refractivity contribution in [2.45, 2.75) is 31.0 Å². The number of aliphatic hydroxyl groups excluding tert-OH is 1. The largest absolute Gasteiger partial charge is 1.00 e. The van der Waals surface area contributed by atoms with Crippen LogP contribution in [0.2, 0.25) is 0 Å². The number of nitrogens with one attached hydrogen (secondary N) is 1. The first-order valence-electron chi connectivity index (χ1n) is 5.47. The Morgan fingerprint density at radius 1 is 1.00 bits per heavy atom. The van der Waals surface area contributed by atoms with E-state index in [1.54, 1.807) is 0 Å². The van der Waals surface area contributed by atoms with E-state index in [9.17, 15) is 44.0 Å². The van der Waals surface area contributed by atoms with Gasteiger partial charge in [-0.1, -0.05) is 0 Å². The molecule has 20 heteroatoms. The summed E-state index contributed by atoms with van der Waals surface area (Å²) in [5.41, 5.74) is 0.